The highest BCUT2D eigenvalue weighted by Crippen LogP contribution is 2.35. The highest BCUT2D eigenvalue weighted by atomic mass is 35.5. The van der Waals surface area contributed by atoms with Crippen molar-refractivity contribution in [2.45, 2.75) is 26.9 Å². The number of alkyl halides is 3. The number of aryl methyl sites for hydroxylation is 1. The Balaban J connectivity index is 3.58. The van der Waals surface area contributed by atoms with Crippen LogP contribution in [0.1, 0.15) is 40.9 Å². The molecule has 0 amide bonds. The molecule has 0 radical (unpaired) electrons. The summed E-state index contributed by atoms with van der Waals surface area (Å²) in [5.74, 6) is 0. The highest BCUT2D eigenvalue weighted by Gasteiger charge is 2.34. The number of hydrogen-bond donors (Lipinski definition) is 0. The van der Waals surface area contributed by atoms with Crippen LogP contribution in [-0.4, -0.2) is 5.24 Å². The second-order valence-corrected chi connectivity index (χ2v) is 4.59. The van der Waals surface area contributed by atoms with Gasteiger partial charge in [-0.3, -0.25) is 4.79 Å². The molecule has 98 valence electrons. The average molecular weight is 277 g/mol. The Morgan fingerprint density at radius 3 is 2.22 bits per heavy atom. The van der Waals surface area contributed by atoms with E-state index in [1.165, 1.54) is 12.1 Å². The smallest absolute Gasteiger partial charge is 0.276 e. The van der Waals surface area contributed by atoms with E-state index in [4.69, 9.17) is 11.6 Å². The van der Waals surface area contributed by atoms with Crippen molar-refractivity contribution in [3.63, 3.8) is 0 Å². The molecule has 0 bridgehead atoms. The van der Waals surface area contributed by atoms with Gasteiger partial charge in [-0.05, 0) is 49.6 Å². The minimum Gasteiger partial charge on any atom is -0.276 e. The lowest BCUT2D eigenvalue weighted by Gasteiger charge is -2.13. The number of rotatable bonds is 2. The SMILES string of the molecule is CC(C)=Cc1cc(C)c(C(=O)Cl)cc1C(F)(F)F. The van der Waals surface area contributed by atoms with Crippen LogP contribution in [0.25, 0.3) is 6.08 Å². The second-order valence-electron chi connectivity index (χ2n) is 4.25. The predicted molar refractivity (Wildman–Crippen MR) is 65.7 cm³/mol. The van der Waals surface area contributed by atoms with Gasteiger partial charge >= 0.3 is 6.18 Å². The van der Waals surface area contributed by atoms with Crippen LogP contribution in [0.2, 0.25) is 0 Å². The zero-order valence-electron chi connectivity index (χ0n) is 10.2. The maximum absolute atomic E-state index is 12.9. The van der Waals surface area contributed by atoms with E-state index in [9.17, 15) is 18.0 Å². The zero-order chi connectivity index (χ0) is 14.1. The Morgan fingerprint density at radius 2 is 1.83 bits per heavy atom. The number of hydrogen-bond acceptors (Lipinski definition) is 1. The third-order valence-corrected chi connectivity index (χ3v) is 2.56. The number of carbonyl (C=O) groups is 1. The third-order valence-electron chi connectivity index (χ3n) is 2.36. The Hall–Kier alpha value is -1.29. The first-order chi connectivity index (χ1) is 8.12. The van der Waals surface area contributed by atoms with Crippen LogP contribution >= 0.6 is 11.6 Å². The lowest BCUT2D eigenvalue weighted by Crippen LogP contribution is -2.10. The minimum absolute atomic E-state index is 0.0432. The number of benzene rings is 1. The topological polar surface area (TPSA) is 17.1 Å². The van der Waals surface area contributed by atoms with Gasteiger partial charge in [0.1, 0.15) is 0 Å². The van der Waals surface area contributed by atoms with Crippen LogP contribution in [-0.2, 0) is 6.18 Å². The van der Waals surface area contributed by atoms with Gasteiger partial charge in [0.05, 0.1) is 5.56 Å². The normalized spacial score (nSPS) is 11.3. The molecule has 1 aromatic rings. The summed E-state index contributed by atoms with van der Waals surface area (Å²) in [6.45, 7) is 4.96. The van der Waals surface area contributed by atoms with Gasteiger partial charge in [-0.15, -0.1) is 0 Å². The fourth-order valence-electron chi connectivity index (χ4n) is 1.62. The molecule has 18 heavy (non-hydrogen) atoms. The monoisotopic (exact) mass is 276 g/mol. The zero-order valence-corrected chi connectivity index (χ0v) is 10.9. The first-order valence-corrected chi connectivity index (χ1v) is 5.57. The van der Waals surface area contributed by atoms with Crippen LogP contribution in [0.15, 0.2) is 17.7 Å². The van der Waals surface area contributed by atoms with E-state index in [1.54, 1.807) is 20.8 Å². The lowest BCUT2D eigenvalue weighted by molar-refractivity contribution is -0.137. The fourth-order valence-corrected chi connectivity index (χ4v) is 1.82. The van der Waals surface area contributed by atoms with Crippen molar-refractivity contribution >= 4 is 22.9 Å². The molecule has 1 aromatic carbocycles. The number of allylic oxidation sites excluding steroid dienone is 1. The van der Waals surface area contributed by atoms with Crippen LogP contribution in [0, 0.1) is 6.92 Å². The van der Waals surface area contributed by atoms with Crippen molar-refractivity contribution in [1.82, 2.24) is 0 Å². The Bertz CT molecular complexity index is 512. The summed E-state index contributed by atoms with van der Waals surface area (Å²) in [5.41, 5.74) is 0.246. The largest absolute Gasteiger partial charge is 0.417 e. The second kappa shape index (κ2) is 5.14. The van der Waals surface area contributed by atoms with E-state index >= 15 is 0 Å². The molecule has 0 atom stereocenters. The van der Waals surface area contributed by atoms with E-state index in [-0.39, 0.29) is 11.1 Å². The lowest BCUT2D eigenvalue weighted by atomic mass is 9.98. The van der Waals surface area contributed by atoms with Crippen LogP contribution in [0.4, 0.5) is 13.2 Å². The molecule has 1 nitrogen and oxygen atoms in total. The molecule has 5 heteroatoms. The van der Waals surface area contributed by atoms with E-state index < -0.39 is 17.0 Å². The standard InChI is InChI=1S/C13H12ClF3O/c1-7(2)4-9-5-8(3)10(12(14)18)6-11(9)13(15,16)17/h4-6H,1-3H3. The summed E-state index contributed by atoms with van der Waals surface area (Å²) in [4.78, 5) is 11.1. The van der Waals surface area contributed by atoms with E-state index in [0.717, 1.165) is 11.6 Å². The molecule has 0 saturated heterocycles. The summed E-state index contributed by atoms with van der Waals surface area (Å²) >= 11 is 5.27. The van der Waals surface area contributed by atoms with Crippen LogP contribution in [0.5, 0.6) is 0 Å². The van der Waals surface area contributed by atoms with E-state index in [2.05, 4.69) is 0 Å². The van der Waals surface area contributed by atoms with Gasteiger partial charge in [-0.25, -0.2) is 0 Å². The van der Waals surface area contributed by atoms with Crippen LogP contribution < -0.4 is 0 Å². The minimum atomic E-state index is -4.52. The summed E-state index contributed by atoms with van der Waals surface area (Å²) in [5, 5.41) is -0.887. The molecule has 0 aliphatic rings. The van der Waals surface area contributed by atoms with Gasteiger partial charge in [0, 0.05) is 5.56 Å². The van der Waals surface area contributed by atoms with Crippen molar-refractivity contribution in [2.75, 3.05) is 0 Å². The molecule has 0 saturated carbocycles. The van der Waals surface area contributed by atoms with Gasteiger partial charge in [-0.2, -0.15) is 13.2 Å². The van der Waals surface area contributed by atoms with Crippen molar-refractivity contribution in [2.24, 2.45) is 0 Å². The molecular weight excluding hydrogens is 265 g/mol. The fraction of sp³-hybridized carbons (Fsp3) is 0.308. The summed E-state index contributed by atoms with van der Waals surface area (Å²) in [7, 11) is 0. The van der Waals surface area contributed by atoms with E-state index in [0.29, 0.717) is 5.56 Å². The molecule has 1 rings (SSSR count). The van der Waals surface area contributed by atoms with Gasteiger partial charge < -0.3 is 0 Å². The van der Waals surface area contributed by atoms with Gasteiger partial charge in [-0.1, -0.05) is 17.7 Å². The maximum atomic E-state index is 12.9. The third kappa shape index (κ3) is 3.35. The van der Waals surface area contributed by atoms with Crippen molar-refractivity contribution in [3.8, 4) is 0 Å². The van der Waals surface area contributed by atoms with E-state index in [1.807, 2.05) is 0 Å². The molecule has 0 N–H and O–H groups in total. The summed E-state index contributed by atoms with van der Waals surface area (Å²) < 4.78 is 38.7. The quantitative estimate of drug-likeness (QED) is 0.708. The molecule has 0 heterocycles. The molecule has 0 aliphatic heterocycles. The molecule has 0 unspecified atom stereocenters. The first-order valence-electron chi connectivity index (χ1n) is 5.19. The van der Waals surface area contributed by atoms with Gasteiger partial charge in [0.15, 0.2) is 0 Å². The number of halogens is 4. The highest BCUT2D eigenvalue weighted by molar-refractivity contribution is 6.67. The van der Waals surface area contributed by atoms with Crippen molar-refractivity contribution in [1.29, 1.82) is 0 Å². The van der Waals surface area contributed by atoms with Crippen molar-refractivity contribution in [3.05, 3.63) is 40.0 Å². The molecule has 0 aromatic heterocycles. The Morgan fingerprint density at radius 1 is 1.28 bits per heavy atom. The predicted octanol–water partition coefficient (Wildman–Crippen LogP) is 4.82. The molecule has 0 spiro atoms. The molecule has 0 aliphatic carbocycles. The number of carbonyl (C=O) groups excluding carboxylic acids is 1. The van der Waals surface area contributed by atoms with Crippen LogP contribution in [0.3, 0.4) is 0 Å². The van der Waals surface area contributed by atoms with Gasteiger partial charge in [0.25, 0.3) is 5.24 Å². The summed E-state index contributed by atoms with van der Waals surface area (Å²) in [6, 6.07) is 2.13. The first kappa shape index (κ1) is 14.8. The maximum Gasteiger partial charge on any atom is 0.417 e. The average Bonchev–Trinajstić information content (AvgIpc) is 2.13. The molecular formula is C13H12ClF3O. The van der Waals surface area contributed by atoms with Crippen molar-refractivity contribution < 1.29 is 18.0 Å². The molecule has 0 fully saturated rings. The van der Waals surface area contributed by atoms with Gasteiger partial charge in [0.2, 0.25) is 0 Å². The Labute approximate surface area is 108 Å². The Kier molecular flexibility index (Phi) is 4.22. The summed E-state index contributed by atoms with van der Waals surface area (Å²) in [6.07, 6.45) is -3.09.